The third kappa shape index (κ3) is 4.92. The lowest BCUT2D eigenvalue weighted by molar-refractivity contribution is 0.522. The van der Waals surface area contributed by atoms with E-state index in [0.29, 0.717) is 13.1 Å². The van der Waals surface area contributed by atoms with Gasteiger partial charge in [0.1, 0.15) is 5.82 Å². The predicted octanol–water partition coefficient (Wildman–Crippen LogP) is 2.10. The molecule has 2 aromatic rings. The summed E-state index contributed by atoms with van der Waals surface area (Å²) in [6.07, 6.45) is 7.53. The van der Waals surface area contributed by atoms with Crippen LogP contribution in [-0.2, 0) is 26.1 Å². The van der Waals surface area contributed by atoms with Gasteiger partial charge < -0.3 is 15.2 Å². The average Bonchev–Trinajstić information content (AvgIpc) is 2.99. The number of fused-ring (bicyclic) bond motifs is 1. The van der Waals surface area contributed by atoms with Crippen LogP contribution in [0.25, 0.3) is 0 Å². The fourth-order valence-electron chi connectivity index (χ4n) is 2.63. The predicted molar refractivity (Wildman–Crippen MR) is 102 cm³/mol. The van der Waals surface area contributed by atoms with E-state index in [1.807, 2.05) is 18.2 Å². The standard InChI is InChI=1S/C16H22N6.HI/c1-17-16(19-10-13-6-2-4-8-18-13)20-11-14-12-22-9-5-3-7-15(22)21-14;/h2,4,6,8,12H,3,5,7,9-11H2,1H3,(H2,17,19,20);1H. The van der Waals surface area contributed by atoms with Crippen molar-refractivity contribution in [2.45, 2.75) is 38.9 Å². The van der Waals surface area contributed by atoms with Gasteiger partial charge in [0.25, 0.3) is 0 Å². The second kappa shape index (κ2) is 8.85. The number of rotatable bonds is 4. The van der Waals surface area contributed by atoms with E-state index in [-0.39, 0.29) is 24.0 Å². The van der Waals surface area contributed by atoms with Gasteiger partial charge in [-0.3, -0.25) is 9.98 Å². The molecular formula is C16H23IN6. The summed E-state index contributed by atoms with van der Waals surface area (Å²) in [5.41, 5.74) is 2.06. The molecule has 0 unspecified atom stereocenters. The van der Waals surface area contributed by atoms with Crippen molar-refractivity contribution in [1.82, 2.24) is 25.2 Å². The van der Waals surface area contributed by atoms with Crippen LogP contribution in [0.3, 0.4) is 0 Å². The van der Waals surface area contributed by atoms with Gasteiger partial charge in [-0.1, -0.05) is 6.07 Å². The minimum Gasteiger partial charge on any atom is -0.351 e. The van der Waals surface area contributed by atoms with Crippen LogP contribution < -0.4 is 10.6 Å². The second-order valence-corrected chi connectivity index (χ2v) is 5.40. The highest BCUT2D eigenvalue weighted by Crippen LogP contribution is 2.14. The molecule has 2 N–H and O–H groups in total. The van der Waals surface area contributed by atoms with Crippen LogP contribution in [0.1, 0.15) is 30.1 Å². The maximum absolute atomic E-state index is 4.68. The highest BCUT2D eigenvalue weighted by molar-refractivity contribution is 14.0. The summed E-state index contributed by atoms with van der Waals surface area (Å²) >= 11 is 0. The number of aryl methyl sites for hydroxylation is 2. The Morgan fingerprint density at radius 2 is 2.04 bits per heavy atom. The van der Waals surface area contributed by atoms with Crippen LogP contribution in [0.2, 0.25) is 0 Å². The SMILES string of the molecule is CN=C(NCc1ccccn1)NCc1cn2c(n1)CCCC2.I. The molecule has 0 aromatic carbocycles. The van der Waals surface area contributed by atoms with E-state index in [9.17, 15) is 0 Å². The monoisotopic (exact) mass is 426 g/mol. The third-order valence-electron chi connectivity index (χ3n) is 3.78. The lowest BCUT2D eigenvalue weighted by Crippen LogP contribution is -2.36. The molecule has 0 fully saturated rings. The molecule has 0 spiro atoms. The van der Waals surface area contributed by atoms with Crippen molar-refractivity contribution in [3.63, 3.8) is 0 Å². The molecule has 7 heteroatoms. The highest BCUT2D eigenvalue weighted by atomic mass is 127. The number of hydrogen-bond donors (Lipinski definition) is 2. The highest BCUT2D eigenvalue weighted by Gasteiger charge is 2.12. The van der Waals surface area contributed by atoms with Gasteiger partial charge in [-0.15, -0.1) is 24.0 Å². The topological polar surface area (TPSA) is 67.1 Å². The third-order valence-corrected chi connectivity index (χ3v) is 3.78. The van der Waals surface area contributed by atoms with E-state index in [4.69, 9.17) is 0 Å². The van der Waals surface area contributed by atoms with Crippen molar-refractivity contribution in [3.05, 3.63) is 47.8 Å². The van der Waals surface area contributed by atoms with Gasteiger partial charge >= 0.3 is 0 Å². The number of imidazole rings is 1. The van der Waals surface area contributed by atoms with Crippen LogP contribution in [0.5, 0.6) is 0 Å². The number of nitrogens with zero attached hydrogens (tertiary/aromatic N) is 4. The fourth-order valence-corrected chi connectivity index (χ4v) is 2.63. The van der Waals surface area contributed by atoms with Gasteiger partial charge in [0.15, 0.2) is 5.96 Å². The van der Waals surface area contributed by atoms with E-state index < -0.39 is 0 Å². The molecule has 0 amide bonds. The van der Waals surface area contributed by atoms with E-state index in [2.05, 4.69) is 36.4 Å². The Kier molecular flexibility index (Phi) is 6.82. The van der Waals surface area contributed by atoms with E-state index >= 15 is 0 Å². The molecule has 124 valence electrons. The number of nitrogens with one attached hydrogen (secondary N) is 2. The molecule has 1 aliphatic rings. The normalized spacial score (nSPS) is 13.9. The van der Waals surface area contributed by atoms with Crippen molar-refractivity contribution in [1.29, 1.82) is 0 Å². The maximum Gasteiger partial charge on any atom is 0.191 e. The minimum atomic E-state index is 0. The second-order valence-electron chi connectivity index (χ2n) is 5.40. The quantitative estimate of drug-likeness (QED) is 0.447. The van der Waals surface area contributed by atoms with Crippen LogP contribution in [-0.4, -0.2) is 27.5 Å². The zero-order valence-corrected chi connectivity index (χ0v) is 15.7. The lowest BCUT2D eigenvalue weighted by atomic mass is 10.2. The number of hydrogen-bond acceptors (Lipinski definition) is 3. The lowest BCUT2D eigenvalue weighted by Gasteiger charge is -2.11. The van der Waals surface area contributed by atoms with E-state index in [1.165, 1.54) is 18.7 Å². The first-order valence-corrected chi connectivity index (χ1v) is 7.74. The summed E-state index contributed by atoms with van der Waals surface area (Å²) in [5.74, 6) is 1.97. The Labute approximate surface area is 153 Å². The molecule has 3 rings (SSSR count). The summed E-state index contributed by atoms with van der Waals surface area (Å²) in [6, 6.07) is 5.89. The van der Waals surface area contributed by atoms with Crippen LogP contribution in [0.4, 0.5) is 0 Å². The fraction of sp³-hybridized carbons (Fsp3) is 0.438. The molecule has 0 aliphatic carbocycles. The van der Waals surface area contributed by atoms with Gasteiger partial charge in [0, 0.05) is 32.4 Å². The average molecular weight is 426 g/mol. The van der Waals surface area contributed by atoms with E-state index in [0.717, 1.165) is 30.3 Å². The summed E-state index contributed by atoms with van der Waals surface area (Å²) in [6.45, 7) is 2.43. The number of pyridine rings is 1. The summed E-state index contributed by atoms with van der Waals surface area (Å²) in [5, 5.41) is 6.56. The summed E-state index contributed by atoms with van der Waals surface area (Å²) in [4.78, 5) is 13.2. The van der Waals surface area contributed by atoms with Crippen molar-refractivity contribution >= 4 is 29.9 Å². The Balaban J connectivity index is 0.00000192. The number of halogens is 1. The van der Waals surface area contributed by atoms with Gasteiger partial charge in [-0.05, 0) is 25.0 Å². The Bertz CT molecular complexity index is 614. The molecule has 1 aliphatic heterocycles. The molecule has 23 heavy (non-hydrogen) atoms. The van der Waals surface area contributed by atoms with Gasteiger partial charge in [0.2, 0.25) is 0 Å². The Hall–Kier alpha value is -1.64. The smallest absolute Gasteiger partial charge is 0.191 e. The van der Waals surface area contributed by atoms with Crippen LogP contribution in [0.15, 0.2) is 35.6 Å². The first kappa shape index (κ1) is 17.7. The van der Waals surface area contributed by atoms with E-state index in [1.54, 1.807) is 13.2 Å². The zero-order chi connectivity index (χ0) is 15.2. The molecule has 0 saturated carbocycles. The molecule has 3 heterocycles. The largest absolute Gasteiger partial charge is 0.351 e. The summed E-state index contributed by atoms with van der Waals surface area (Å²) in [7, 11) is 1.77. The molecule has 0 radical (unpaired) electrons. The molecule has 0 bridgehead atoms. The Morgan fingerprint density at radius 3 is 2.74 bits per heavy atom. The maximum atomic E-state index is 4.68. The van der Waals surface area contributed by atoms with Crippen molar-refractivity contribution in [3.8, 4) is 0 Å². The molecular weight excluding hydrogens is 403 g/mol. The van der Waals surface area contributed by atoms with Crippen LogP contribution >= 0.6 is 24.0 Å². The summed E-state index contributed by atoms with van der Waals surface area (Å²) < 4.78 is 2.27. The minimum absolute atomic E-state index is 0. The molecule has 0 atom stereocenters. The molecule has 0 saturated heterocycles. The Morgan fingerprint density at radius 1 is 1.22 bits per heavy atom. The van der Waals surface area contributed by atoms with Gasteiger partial charge in [-0.2, -0.15) is 0 Å². The first-order chi connectivity index (χ1) is 10.8. The number of aliphatic imine (C=N–C) groups is 1. The van der Waals surface area contributed by atoms with Gasteiger partial charge in [-0.25, -0.2) is 4.98 Å². The molecule has 2 aromatic heterocycles. The van der Waals surface area contributed by atoms with Crippen molar-refractivity contribution < 1.29 is 0 Å². The molecule has 6 nitrogen and oxygen atoms in total. The van der Waals surface area contributed by atoms with Crippen molar-refractivity contribution in [2.24, 2.45) is 4.99 Å². The van der Waals surface area contributed by atoms with Crippen molar-refractivity contribution in [2.75, 3.05) is 7.05 Å². The number of guanidine groups is 1. The zero-order valence-electron chi connectivity index (χ0n) is 13.3. The van der Waals surface area contributed by atoms with Crippen LogP contribution in [0, 0.1) is 0 Å². The number of aromatic nitrogens is 3. The van der Waals surface area contributed by atoms with Gasteiger partial charge in [0.05, 0.1) is 24.5 Å². The first-order valence-electron chi connectivity index (χ1n) is 7.74.